The number of aryl methyl sites for hydroxylation is 1. The molecule has 2 aromatic rings. The molecule has 0 fully saturated rings. The van der Waals surface area contributed by atoms with E-state index in [1.165, 1.54) is 6.20 Å². The Labute approximate surface area is 123 Å². The fourth-order valence-corrected chi connectivity index (χ4v) is 1.76. The minimum absolute atomic E-state index is 0.00362. The van der Waals surface area contributed by atoms with Gasteiger partial charge in [-0.1, -0.05) is 30.3 Å². The van der Waals surface area contributed by atoms with Crippen molar-refractivity contribution in [2.24, 2.45) is 0 Å². The van der Waals surface area contributed by atoms with Gasteiger partial charge >= 0.3 is 0 Å². The van der Waals surface area contributed by atoms with E-state index < -0.39 is 0 Å². The number of hydrogen-bond donors (Lipinski definition) is 1. The molecule has 0 amide bonds. The Bertz CT molecular complexity index is 721. The Morgan fingerprint density at radius 1 is 1.05 bits per heavy atom. The van der Waals surface area contributed by atoms with Crippen LogP contribution in [0.5, 0.6) is 11.5 Å². The lowest BCUT2D eigenvalue weighted by molar-refractivity contribution is 0.484. The third-order valence-electron chi connectivity index (χ3n) is 2.81. The lowest BCUT2D eigenvalue weighted by Crippen LogP contribution is -1.96. The highest BCUT2D eigenvalue weighted by atomic mass is 16.5. The van der Waals surface area contributed by atoms with Crippen molar-refractivity contribution in [3.05, 3.63) is 65.9 Å². The van der Waals surface area contributed by atoms with E-state index in [1.54, 1.807) is 0 Å². The maximum Gasteiger partial charge on any atom is 0.151 e. The smallest absolute Gasteiger partial charge is 0.151 e. The molecular weight excluding hydrogens is 262 g/mol. The van der Waals surface area contributed by atoms with Crippen LogP contribution in [0, 0.1) is 29.6 Å². The number of nitrogens with zero attached hydrogens (tertiary/aromatic N) is 2. The summed E-state index contributed by atoms with van der Waals surface area (Å²) in [4.78, 5) is 0. The molecule has 0 heterocycles. The number of ether oxygens (including phenoxy) is 1. The van der Waals surface area contributed by atoms with Crippen molar-refractivity contribution in [3.63, 3.8) is 0 Å². The zero-order chi connectivity index (χ0) is 15.1. The molecule has 2 aromatic carbocycles. The number of allylic oxidation sites excluding steroid dienone is 1. The van der Waals surface area contributed by atoms with Gasteiger partial charge < -0.3 is 10.1 Å². The van der Waals surface area contributed by atoms with Crippen LogP contribution in [0.3, 0.4) is 0 Å². The Balaban J connectivity index is 2.31. The molecule has 0 aliphatic carbocycles. The van der Waals surface area contributed by atoms with Gasteiger partial charge in [-0.3, -0.25) is 0 Å². The molecule has 4 heteroatoms. The highest BCUT2D eigenvalue weighted by Gasteiger charge is 2.07. The zero-order valence-electron chi connectivity index (χ0n) is 11.5. The Morgan fingerprint density at radius 3 is 2.43 bits per heavy atom. The average Bonchev–Trinajstić information content (AvgIpc) is 2.51. The van der Waals surface area contributed by atoms with Gasteiger partial charge in [0.05, 0.1) is 5.69 Å². The molecule has 0 aliphatic rings. The molecule has 0 aromatic heterocycles. The third-order valence-corrected chi connectivity index (χ3v) is 2.81. The van der Waals surface area contributed by atoms with Crippen LogP contribution in [0.4, 0.5) is 5.69 Å². The Hall–Kier alpha value is -3.24. The molecule has 102 valence electrons. The lowest BCUT2D eigenvalue weighted by atomic mass is 10.2. The van der Waals surface area contributed by atoms with Crippen molar-refractivity contribution in [1.29, 1.82) is 10.5 Å². The molecule has 0 radical (unpaired) electrons. The first kappa shape index (κ1) is 14.2. The van der Waals surface area contributed by atoms with Gasteiger partial charge in [0, 0.05) is 6.20 Å². The molecule has 4 nitrogen and oxygen atoms in total. The van der Waals surface area contributed by atoms with E-state index in [0.717, 1.165) is 17.0 Å². The third kappa shape index (κ3) is 3.62. The minimum Gasteiger partial charge on any atom is -0.455 e. The van der Waals surface area contributed by atoms with Gasteiger partial charge in [-0.2, -0.15) is 10.5 Å². The molecule has 21 heavy (non-hydrogen) atoms. The van der Waals surface area contributed by atoms with Crippen molar-refractivity contribution in [3.8, 4) is 23.6 Å². The Kier molecular flexibility index (Phi) is 4.58. The second-order valence-corrected chi connectivity index (χ2v) is 4.29. The van der Waals surface area contributed by atoms with Crippen molar-refractivity contribution in [2.45, 2.75) is 6.92 Å². The van der Waals surface area contributed by atoms with E-state index in [1.807, 2.05) is 67.6 Å². The quantitative estimate of drug-likeness (QED) is 0.852. The number of rotatable bonds is 4. The maximum absolute atomic E-state index is 8.77. The first-order chi connectivity index (χ1) is 10.2. The number of para-hydroxylation sites is 2. The van der Waals surface area contributed by atoms with Crippen molar-refractivity contribution >= 4 is 5.69 Å². The normalized spacial score (nSPS) is 9.10. The largest absolute Gasteiger partial charge is 0.455 e. The molecular formula is C17H13N3O. The summed E-state index contributed by atoms with van der Waals surface area (Å²) in [6.07, 6.45) is 1.38. The van der Waals surface area contributed by atoms with E-state index >= 15 is 0 Å². The average molecular weight is 275 g/mol. The van der Waals surface area contributed by atoms with Crippen LogP contribution in [0.25, 0.3) is 0 Å². The molecule has 0 saturated carbocycles. The van der Waals surface area contributed by atoms with Crippen LogP contribution < -0.4 is 10.1 Å². The summed E-state index contributed by atoms with van der Waals surface area (Å²) < 4.78 is 5.83. The molecule has 1 N–H and O–H groups in total. The highest BCUT2D eigenvalue weighted by Crippen LogP contribution is 2.32. The van der Waals surface area contributed by atoms with Crippen LogP contribution in [0.15, 0.2) is 60.3 Å². The first-order valence-electron chi connectivity index (χ1n) is 6.34. The van der Waals surface area contributed by atoms with Gasteiger partial charge in [-0.05, 0) is 30.7 Å². The van der Waals surface area contributed by atoms with E-state index in [0.29, 0.717) is 5.75 Å². The van der Waals surface area contributed by atoms with E-state index in [9.17, 15) is 0 Å². The molecule has 0 spiro atoms. The van der Waals surface area contributed by atoms with Gasteiger partial charge in [-0.15, -0.1) is 0 Å². The van der Waals surface area contributed by atoms with Crippen LogP contribution in [0.1, 0.15) is 5.56 Å². The molecule has 2 rings (SSSR count). The van der Waals surface area contributed by atoms with Gasteiger partial charge in [0.2, 0.25) is 0 Å². The predicted molar refractivity (Wildman–Crippen MR) is 80.6 cm³/mol. The number of benzene rings is 2. The van der Waals surface area contributed by atoms with E-state index in [2.05, 4.69) is 5.32 Å². The highest BCUT2D eigenvalue weighted by molar-refractivity contribution is 5.64. The van der Waals surface area contributed by atoms with Crippen LogP contribution >= 0.6 is 0 Å². The van der Waals surface area contributed by atoms with Gasteiger partial charge in [0.25, 0.3) is 0 Å². The SMILES string of the molecule is Cc1cccc(Oc2ccccc2)c1NC=C(C#N)C#N. The van der Waals surface area contributed by atoms with E-state index in [4.69, 9.17) is 15.3 Å². The number of nitriles is 2. The predicted octanol–water partition coefficient (Wildman–Crippen LogP) is 4.13. The summed E-state index contributed by atoms with van der Waals surface area (Å²) in [5, 5.41) is 20.5. The standard InChI is InChI=1S/C17H13N3O/c1-13-6-5-9-16(21-15-7-3-2-4-8-15)17(13)20-12-14(10-18)11-19/h2-9,12,20H,1H3. The van der Waals surface area contributed by atoms with Crippen molar-refractivity contribution in [2.75, 3.05) is 5.32 Å². The first-order valence-corrected chi connectivity index (χ1v) is 6.34. The fourth-order valence-electron chi connectivity index (χ4n) is 1.76. The van der Waals surface area contributed by atoms with Crippen LogP contribution in [-0.2, 0) is 0 Å². The molecule has 0 aliphatic heterocycles. The zero-order valence-corrected chi connectivity index (χ0v) is 11.5. The number of nitrogens with one attached hydrogen (secondary N) is 1. The van der Waals surface area contributed by atoms with Crippen molar-refractivity contribution < 1.29 is 4.74 Å². The number of hydrogen-bond acceptors (Lipinski definition) is 4. The summed E-state index contributed by atoms with van der Waals surface area (Å²) in [5.41, 5.74) is 1.68. The lowest BCUT2D eigenvalue weighted by Gasteiger charge is -2.13. The summed E-state index contributed by atoms with van der Waals surface area (Å²) in [6, 6.07) is 18.7. The van der Waals surface area contributed by atoms with Gasteiger partial charge in [0.15, 0.2) is 5.75 Å². The van der Waals surface area contributed by atoms with Crippen molar-refractivity contribution in [1.82, 2.24) is 0 Å². The van der Waals surface area contributed by atoms with E-state index in [-0.39, 0.29) is 5.57 Å². The maximum atomic E-state index is 8.77. The van der Waals surface area contributed by atoms with Crippen LogP contribution in [-0.4, -0.2) is 0 Å². The topological polar surface area (TPSA) is 68.8 Å². The molecule has 0 bridgehead atoms. The molecule has 0 saturated heterocycles. The Morgan fingerprint density at radius 2 is 1.76 bits per heavy atom. The second kappa shape index (κ2) is 6.79. The molecule has 0 unspecified atom stereocenters. The summed E-state index contributed by atoms with van der Waals surface area (Å²) in [6.45, 7) is 1.92. The molecule has 0 atom stereocenters. The van der Waals surface area contributed by atoms with Crippen LogP contribution in [0.2, 0.25) is 0 Å². The van der Waals surface area contributed by atoms with Gasteiger partial charge in [0.1, 0.15) is 23.5 Å². The monoisotopic (exact) mass is 275 g/mol. The summed E-state index contributed by atoms with van der Waals surface area (Å²) in [7, 11) is 0. The summed E-state index contributed by atoms with van der Waals surface area (Å²) >= 11 is 0. The minimum atomic E-state index is 0.00362. The fraction of sp³-hybridized carbons (Fsp3) is 0.0588. The second-order valence-electron chi connectivity index (χ2n) is 4.29. The van der Waals surface area contributed by atoms with Gasteiger partial charge in [-0.25, -0.2) is 0 Å². The summed E-state index contributed by atoms with van der Waals surface area (Å²) in [5.74, 6) is 1.35. The number of anilines is 1.